The van der Waals surface area contributed by atoms with Crippen LogP contribution in [0.4, 0.5) is 0 Å². The summed E-state index contributed by atoms with van der Waals surface area (Å²) in [5.74, 6) is -0.989. The third-order valence-corrected chi connectivity index (χ3v) is 6.10. The van der Waals surface area contributed by atoms with Gasteiger partial charge in [-0.25, -0.2) is 4.79 Å². The number of hydrogen-bond acceptors (Lipinski definition) is 4. The molecular weight excluding hydrogens is 372 g/mol. The predicted molar refractivity (Wildman–Crippen MR) is 109 cm³/mol. The molecule has 4 rings (SSSR count). The molecule has 0 saturated carbocycles. The van der Waals surface area contributed by atoms with Crippen molar-refractivity contribution in [2.45, 2.75) is 25.6 Å². The highest BCUT2D eigenvalue weighted by atomic mass is 32.1. The summed E-state index contributed by atoms with van der Waals surface area (Å²) >= 11 is 1.54. The molecule has 3 N–H and O–H groups in total. The van der Waals surface area contributed by atoms with Gasteiger partial charge in [0, 0.05) is 29.3 Å². The minimum absolute atomic E-state index is 0.0426. The number of carboxylic acid groups (broad SMARTS) is 1. The molecular formula is C22H20N2O3S. The van der Waals surface area contributed by atoms with Crippen molar-refractivity contribution in [3.8, 4) is 10.4 Å². The molecule has 2 heterocycles. The molecule has 1 unspecified atom stereocenters. The number of aromatic carboxylic acids is 1. The molecule has 2 aromatic carbocycles. The molecule has 0 radical (unpaired) electrons. The second-order valence-corrected chi connectivity index (χ2v) is 8.09. The fourth-order valence-electron chi connectivity index (χ4n) is 3.48. The Hall–Kier alpha value is -2.96. The van der Waals surface area contributed by atoms with Gasteiger partial charge in [0.2, 0.25) is 5.91 Å². The number of nitrogens with zero attached hydrogens (tertiary/aromatic N) is 1. The Morgan fingerprint density at radius 3 is 2.43 bits per heavy atom. The van der Waals surface area contributed by atoms with Crippen LogP contribution in [-0.2, 0) is 24.3 Å². The lowest BCUT2D eigenvalue weighted by Crippen LogP contribution is -2.42. The van der Waals surface area contributed by atoms with Crippen LogP contribution in [0.25, 0.3) is 10.4 Å². The predicted octanol–water partition coefficient (Wildman–Crippen LogP) is 3.53. The van der Waals surface area contributed by atoms with Crippen molar-refractivity contribution in [2.24, 2.45) is 5.73 Å². The Morgan fingerprint density at radius 1 is 1.04 bits per heavy atom. The van der Waals surface area contributed by atoms with E-state index in [0.717, 1.165) is 15.3 Å². The maximum atomic E-state index is 12.8. The van der Waals surface area contributed by atoms with Crippen LogP contribution in [0.15, 0.2) is 60.7 Å². The lowest BCUT2D eigenvalue weighted by molar-refractivity contribution is -0.133. The molecule has 0 saturated heterocycles. The molecule has 0 bridgehead atoms. The van der Waals surface area contributed by atoms with E-state index in [0.29, 0.717) is 19.5 Å². The van der Waals surface area contributed by atoms with Gasteiger partial charge in [0.05, 0.1) is 11.6 Å². The van der Waals surface area contributed by atoms with Crippen molar-refractivity contribution in [1.29, 1.82) is 0 Å². The van der Waals surface area contributed by atoms with E-state index in [4.69, 9.17) is 10.8 Å². The summed E-state index contributed by atoms with van der Waals surface area (Å²) in [4.78, 5) is 27.7. The van der Waals surface area contributed by atoms with Crippen molar-refractivity contribution >= 4 is 23.2 Å². The Kier molecular flexibility index (Phi) is 4.98. The largest absolute Gasteiger partial charge is 0.478 e. The molecule has 1 aromatic heterocycles. The first kappa shape index (κ1) is 18.4. The van der Waals surface area contributed by atoms with Gasteiger partial charge >= 0.3 is 5.97 Å². The summed E-state index contributed by atoms with van der Waals surface area (Å²) in [5.41, 5.74) is 9.68. The van der Waals surface area contributed by atoms with E-state index in [2.05, 4.69) is 0 Å². The maximum absolute atomic E-state index is 12.8. The molecule has 3 aromatic rings. The van der Waals surface area contributed by atoms with E-state index < -0.39 is 12.0 Å². The van der Waals surface area contributed by atoms with Crippen LogP contribution in [0.5, 0.6) is 0 Å². The molecule has 1 aliphatic rings. The van der Waals surface area contributed by atoms with Gasteiger partial charge < -0.3 is 15.7 Å². The number of benzene rings is 2. The lowest BCUT2D eigenvalue weighted by atomic mass is 10.1. The van der Waals surface area contributed by atoms with Gasteiger partial charge in [-0.05, 0) is 41.0 Å². The second kappa shape index (κ2) is 7.58. The molecule has 142 valence electrons. The zero-order valence-corrected chi connectivity index (χ0v) is 16.0. The SMILES string of the molecule is NC(Cc1ccc(-c2cccc(C(=O)O)c2)s1)C(=O)N1Cc2ccccc2C1. The maximum Gasteiger partial charge on any atom is 0.335 e. The third kappa shape index (κ3) is 3.69. The molecule has 28 heavy (non-hydrogen) atoms. The van der Waals surface area contributed by atoms with Crippen molar-refractivity contribution in [3.05, 3.63) is 82.2 Å². The van der Waals surface area contributed by atoms with E-state index in [1.165, 1.54) is 22.5 Å². The number of nitrogens with two attached hydrogens (primary N) is 1. The quantitative estimate of drug-likeness (QED) is 0.696. The molecule has 6 heteroatoms. The molecule has 1 amide bonds. The summed E-state index contributed by atoms with van der Waals surface area (Å²) < 4.78 is 0. The number of amides is 1. The van der Waals surface area contributed by atoms with E-state index >= 15 is 0 Å². The van der Waals surface area contributed by atoms with Crippen LogP contribution in [-0.4, -0.2) is 27.9 Å². The van der Waals surface area contributed by atoms with Gasteiger partial charge in [0.15, 0.2) is 0 Å². The first-order chi connectivity index (χ1) is 13.5. The highest BCUT2D eigenvalue weighted by Gasteiger charge is 2.27. The molecule has 1 aliphatic heterocycles. The van der Waals surface area contributed by atoms with E-state index in [9.17, 15) is 9.59 Å². The number of carbonyl (C=O) groups is 2. The lowest BCUT2D eigenvalue weighted by Gasteiger charge is -2.20. The zero-order valence-electron chi connectivity index (χ0n) is 15.2. The highest BCUT2D eigenvalue weighted by Crippen LogP contribution is 2.30. The Labute approximate surface area is 167 Å². The number of fused-ring (bicyclic) bond motifs is 1. The van der Waals surface area contributed by atoms with Gasteiger partial charge in [-0.2, -0.15) is 0 Å². The topological polar surface area (TPSA) is 83.6 Å². The van der Waals surface area contributed by atoms with E-state index in [-0.39, 0.29) is 11.5 Å². The number of rotatable bonds is 5. The van der Waals surface area contributed by atoms with Crippen LogP contribution in [0, 0.1) is 0 Å². The summed E-state index contributed by atoms with van der Waals surface area (Å²) in [5, 5.41) is 9.16. The van der Waals surface area contributed by atoms with Gasteiger partial charge in [-0.15, -0.1) is 11.3 Å². The van der Waals surface area contributed by atoms with Gasteiger partial charge in [0.1, 0.15) is 0 Å². The van der Waals surface area contributed by atoms with Crippen LogP contribution < -0.4 is 5.73 Å². The standard InChI is InChI=1S/C22H20N2O3S/c23-19(21(25)24-12-16-4-1-2-5-17(16)13-24)11-18-8-9-20(28-18)14-6-3-7-15(10-14)22(26)27/h1-10,19H,11-13,23H2,(H,26,27). The zero-order chi connectivity index (χ0) is 19.7. The molecule has 5 nitrogen and oxygen atoms in total. The van der Waals surface area contributed by atoms with Gasteiger partial charge in [-0.3, -0.25) is 4.79 Å². The summed E-state index contributed by atoms with van der Waals surface area (Å²) in [6.45, 7) is 1.22. The smallest absolute Gasteiger partial charge is 0.335 e. The fourth-order valence-corrected chi connectivity index (χ4v) is 4.54. The van der Waals surface area contributed by atoms with Crippen LogP contribution in [0.3, 0.4) is 0 Å². The van der Waals surface area contributed by atoms with Crippen molar-refractivity contribution in [1.82, 2.24) is 4.90 Å². The normalized spacial score (nSPS) is 14.0. The first-order valence-corrected chi connectivity index (χ1v) is 9.86. The molecule has 0 spiro atoms. The van der Waals surface area contributed by atoms with Crippen LogP contribution in [0.1, 0.15) is 26.4 Å². The monoisotopic (exact) mass is 392 g/mol. The number of carbonyl (C=O) groups excluding carboxylic acids is 1. The van der Waals surface area contributed by atoms with E-state index in [1.54, 1.807) is 23.1 Å². The summed E-state index contributed by atoms with van der Waals surface area (Å²) in [6.07, 6.45) is 0.467. The molecule has 0 fully saturated rings. The highest BCUT2D eigenvalue weighted by molar-refractivity contribution is 7.15. The molecule has 1 atom stereocenters. The Morgan fingerprint density at radius 2 is 1.75 bits per heavy atom. The second-order valence-electron chi connectivity index (χ2n) is 6.93. The van der Waals surface area contributed by atoms with Gasteiger partial charge in [-0.1, -0.05) is 36.4 Å². The van der Waals surface area contributed by atoms with Crippen molar-refractivity contribution in [3.63, 3.8) is 0 Å². The minimum atomic E-state index is -0.946. The van der Waals surface area contributed by atoms with Crippen LogP contribution in [0.2, 0.25) is 0 Å². The Balaban J connectivity index is 1.43. The van der Waals surface area contributed by atoms with Gasteiger partial charge in [0.25, 0.3) is 0 Å². The average molecular weight is 392 g/mol. The minimum Gasteiger partial charge on any atom is -0.478 e. The van der Waals surface area contributed by atoms with E-state index in [1.807, 2.05) is 42.5 Å². The number of thiophene rings is 1. The Bertz CT molecular complexity index is 1020. The summed E-state index contributed by atoms with van der Waals surface area (Å²) in [7, 11) is 0. The fraction of sp³-hybridized carbons (Fsp3) is 0.182. The van der Waals surface area contributed by atoms with Crippen molar-refractivity contribution in [2.75, 3.05) is 0 Å². The van der Waals surface area contributed by atoms with Crippen LogP contribution >= 0.6 is 11.3 Å². The molecule has 0 aliphatic carbocycles. The first-order valence-electron chi connectivity index (χ1n) is 9.05. The summed E-state index contributed by atoms with van der Waals surface area (Å²) in [6, 6.07) is 18.2. The number of carboxylic acids is 1. The average Bonchev–Trinajstić information content (AvgIpc) is 3.34. The third-order valence-electron chi connectivity index (χ3n) is 4.95. The van der Waals surface area contributed by atoms with Crippen molar-refractivity contribution < 1.29 is 14.7 Å². The number of hydrogen-bond donors (Lipinski definition) is 2.